The lowest BCUT2D eigenvalue weighted by atomic mass is 10.1. The van der Waals surface area contributed by atoms with Gasteiger partial charge in [-0.3, -0.25) is 15.1 Å². The lowest BCUT2D eigenvalue weighted by Crippen LogP contribution is -2.22. The average molecular weight is 366 g/mol. The first kappa shape index (κ1) is 17.2. The van der Waals surface area contributed by atoms with E-state index in [0.717, 1.165) is 37.4 Å². The molecular weight excluding hydrogens is 347 g/mol. The molecule has 0 saturated carbocycles. The van der Waals surface area contributed by atoms with Crippen LogP contribution in [-0.2, 0) is 0 Å². The van der Waals surface area contributed by atoms with Crippen molar-refractivity contribution in [3.63, 3.8) is 0 Å². The summed E-state index contributed by atoms with van der Waals surface area (Å²) in [5, 5.41) is 15.2. The molecule has 2 aromatic carbocycles. The summed E-state index contributed by atoms with van der Waals surface area (Å²) in [6, 6.07) is 13.2. The molecule has 3 aromatic rings. The van der Waals surface area contributed by atoms with E-state index in [1.54, 1.807) is 36.5 Å². The number of hydrogen-bond donors (Lipinski definition) is 1. The summed E-state index contributed by atoms with van der Waals surface area (Å²) in [4.78, 5) is 17.4. The normalized spacial score (nSPS) is 16.6. The van der Waals surface area contributed by atoms with Gasteiger partial charge in [0.15, 0.2) is 0 Å². The van der Waals surface area contributed by atoms with Crippen LogP contribution in [0.1, 0.15) is 6.42 Å². The first-order chi connectivity index (χ1) is 13.1. The Labute approximate surface area is 155 Å². The Morgan fingerprint density at radius 3 is 2.81 bits per heavy atom. The minimum atomic E-state index is -0.384. The highest BCUT2D eigenvalue weighted by molar-refractivity contribution is 5.96. The van der Waals surface area contributed by atoms with E-state index in [9.17, 15) is 14.5 Å². The molecule has 0 spiro atoms. The standard InChI is InChI=1S/C20H19FN4O2/c21-15-3-5-16(6-4-15)24-11-9-14(13-24)12-23-18-7-8-19(25(26)27)17-2-1-10-22-20(17)18/h1-8,10,14,23H,9,11-13H2/t14-/m1/s1. The number of aromatic nitrogens is 1. The zero-order valence-electron chi connectivity index (χ0n) is 14.6. The zero-order chi connectivity index (χ0) is 18.8. The Hall–Kier alpha value is -3.22. The second-order valence-electron chi connectivity index (χ2n) is 6.75. The molecule has 1 aliphatic rings. The van der Waals surface area contributed by atoms with Crippen molar-refractivity contribution in [1.29, 1.82) is 0 Å². The van der Waals surface area contributed by atoms with Crippen LogP contribution in [0.25, 0.3) is 10.9 Å². The van der Waals surface area contributed by atoms with Crippen molar-refractivity contribution < 1.29 is 9.31 Å². The lowest BCUT2D eigenvalue weighted by Gasteiger charge is -2.19. The van der Waals surface area contributed by atoms with E-state index in [1.807, 2.05) is 0 Å². The summed E-state index contributed by atoms with van der Waals surface area (Å²) >= 11 is 0. The number of pyridine rings is 1. The fraction of sp³-hybridized carbons (Fsp3) is 0.250. The van der Waals surface area contributed by atoms with E-state index < -0.39 is 0 Å². The van der Waals surface area contributed by atoms with Gasteiger partial charge >= 0.3 is 0 Å². The molecule has 2 heterocycles. The van der Waals surface area contributed by atoms with E-state index in [2.05, 4.69) is 15.2 Å². The SMILES string of the molecule is O=[N+]([O-])c1ccc(NC[C@H]2CCN(c3ccc(F)cc3)C2)c2ncccc12. The predicted molar refractivity (Wildman–Crippen MR) is 104 cm³/mol. The topological polar surface area (TPSA) is 71.3 Å². The van der Waals surface area contributed by atoms with Gasteiger partial charge < -0.3 is 10.2 Å². The minimum Gasteiger partial charge on any atom is -0.383 e. The fourth-order valence-corrected chi connectivity index (χ4v) is 3.60. The van der Waals surface area contributed by atoms with Gasteiger partial charge in [-0.25, -0.2) is 4.39 Å². The molecule has 7 heteroatoms. The molecule has 0 unspecified atom stereocenters. The van der Waals surface area contributed by atoms with Gasteiger partial charge in [0.05, 0.1) is 16.0 Å². The summed E-state index contributed by atoms with van der Waals surface area (Å²) in [6.07, 6.45) is 2.67. The second kappa shape index (κ2) is 7.19. The van der Waals surface area contributed by atoms with E-state index in [-0.39, 0.29) is 16.4 Å². The average Bonchev–Trinajstić information content (AvgIpc) is 3.15. The first-order valence-corrected chi connectivity index (χ1v) is 8.88. The van der Waals surface area contributed by atoms with Crippen LogP contribution in [0.3, 0.4) is 0 Å². The van der Waals surface area contributed by atoms with E-state index >= 15 is 0 Å². The Bertz CT molecular complexity index is 977. The van der Waals surface area contributed by atoms with E-state index in [0.29, 0.717) is 16.8 Å². The molecule has 1 fully saturated rings. The summed E-state index contributed by atoms with van der Waals surface area (Å²) in [6.45, 7) is 2.56. The molecule has 1 atom stereocenters. The molecule has 0 radical (unpaired) electrons. The van der Waals surface area contributed by atoms with Crippen LogP contribution in [0.2, 0.25) is 0 Å². The van der Waals surface area contributed by atoms with Crippen molar-refractivity contribution in [2.45, 2.75) is 6.42 Å². The highest BCUT2D eigenvalue weighted by Gasteiger charge is 2.23. The molecule has 1 N–H and O–H groups in total. The van der Waals surface area contributed by atoms with Crippen LogP contribution in [0, 0.1) is 21.8 Å². The van der Waals surface area contributed by atoms with Gasteiger partial charge in [-0.15, -0.1) is 0 Å². The zero-order valence-corrected chi connectivity index (χ0v) is 14.6. The number of benzene rings is 2. The highest BCUT2D eigenvalue weighted by atomic mass is 19.1. The van der Waals surface area contributed by atoms with Crippen LogP contribution in [0.15, 0.2) is 54.7 Å². The Balaban J connectivity index is 1.46. The second-order valence-corrected chi connectivity index (χ2v) is 6.75. The number of fused-ring (bicyclic) bond motifs is 1. The van der Waals surface area contributed by atoms with Crippen LogP contribution in [0.5, 0.6) is 0 Å². The van der Waals surface area contributed by atoms with Crippen LogP contribution >= 0.6 is 0 Å². The van der Waals surface area contributed by atoms with Crippen molar-refractivity contribution in [3.05, 3.63) is 70.7 Å². The maximum absolute atomic E-state index is 13.1. The van der Waals surface area contributed by atoms with Crippen molar-refractivity contribution in [3.8, 4) is 0 Å². The monoisotopic (exact) mass is 366 g/mol. The first-order valence-electron chi connectivity index (χ1n) is 8.88. The van der Waals surface area contributed by atoms with Gasteiger partial charge in [-0.05, 0) is 54.8 Å². The largest absolute Gasteiger partial charge is 0.383 e. The number of halogens is 1. The number of nitro benzene ring substituents is 1. The van der Waals surface area contributed by atoms with Gasteiger partial charge in [0.1, 0.15) is 11.3 Å². The number of non-ortho nitro benzene ring substituents is 1. The molecule has 1 aromatic heterocycles. The molecular formula is C20H19FN4O2. The summed E-state index contributed by atoms with van der Waals surface area (Å²) in [5.74, 6) is 0.206. The van der Waals surface area contributed by atoms with Crippen molar-refractivity contribution >= 4 is 28.0 Å². The number of nitrogens with zero attached hydrogens (tertiary/aromatic N) is 3. The van der Waals surface area contributed by atoms with Crippen LogP contribution in [-0.4, -0.2) is 29.5 Å². The Morgan fingerprint density at radius 1 is 1.22 bits per heavy atom. The van der Waals surface area contributed by atoms with Crippen molar-refractivity contribution in [2.75, 3.05) is 29.9 Å². The van der Waals surface area contributed by atoms with Crippen molar-refractivity contribution in [2.24, 2.45) is 5.92 Å². The maximum Gasteiger partial charge on any atom is 0.278 e. The molecule has 0 amide bonds. The molecule has 138 valence electrons. The highest BCUT2D eigenvalue weighted by Crippen LogP contribution is 2.30. The Kier molecular flexibility index (Phi) is 4.58. The number of anilines is 2. The van der Waals surface area contributed by atoms with Gasteiger partial charge in [-0.1, -0.05) is 0 Å². The lowest BCUT2D eigenvalue weighted by molar-refractivity contribution is -0.383. The minimum absolute atomic E-state index is 0.0620. The number of nitro groups is 1. The molecule has 0 bridgehead atoms. The quantitative estimate of drug-likeness (QED) is 0.541. The summed E-state index contributed by atoms with van der Waals surface area (Å²) in [7, 11) is 0. The molecule has 1 saturated heterocycles. The van der Waals surface area contributed by atoms with E-state index in [4.69, 9.17) is 0 Å². The molecule has 4 rings (SSSR count). The number of hydrogen-bond acceptors (Lipinski definition) is 5. The molecule has 0 aliphatic carbocycles. The third-order valence-corrected chi connectivity index (χ3v) is 5.00. The van der Waals surface area contributed by atoms with Crippen LogP contribution in [0.4, 0.5) is 21.5 Å². The number of rotatable bonds is 5. The maximum atomic E-state index is 13.1. The van der Waals surface area contributed by atoms with Gasteiger partial charge in [0, 0.05) is 37.6 Å². The Morgan fingerprint density at radius 2 is 2.04 bits per heavy atom. The third-order valence-electron chi connectivity index (χ3n) is 5.00. The summed E-state index contributed by atoms with van der Waals surface area (Å²) < 4.78 is 13.1. The van der Waals surface area contributed by atoms with E-state index in [1.165, 1.54) is 18.2 Å². The van der Waals surface area contributed by atoms with Gasteiger partial charge in [-0.2, -0.15) is 0 Å². The van der Waals surface area contributed by atoms with Gasteiger partial charge in [0.25, 0.3) is 5.69 Å². The molecule has 27 heavy (non-hydrogen) atoms. The number of nitrogens with one attached hydrogen (secondary N) is 1. The van der Waals surface area contributed by atoms with Gasteiger partial charge in [0.2, 0.25) is 0 Å². The van der Waals surface area contributed by atoms with Crippen molar-refractivity contribution in [1.82, 2.24) is 4.98 Å². The summed E-state index contributed by atoms with van der Waals surface area (Å²) in [5.41, 5.74) is 2.50. The fourth-order valence-electron chi connectivity index (χ4n) is 3.60. The predicted octanol–water partition coefficient (Wildman–Crippen LogP) is 4.22. The molecule has 6 nitrogen and oxygen atoms in total. The molecule has 1 aliphatic heterocycles. The smallest absolute Gasteiger partial charge is 0.278 e. The third kappa shape index (κ3) is 3.53. The van der Waals surface area contributed by atoms with Crippen LogP contribution < -0.4 is 10.2 Å².